The van der Waals surface area contributed by atoms with Gasteiger partial charge in [0.1, 0.15) is 11.2 Å². The highest BCUT2D eigenvalue weighted by Gasteiger charge is 2.73. The first-order valence-corrected chi connectivity index (χ1v) is 12.2. The van der Waals surface area contributed by atoms with E-state index in [9.17, 15) is 13.2 Å². The molecule has 3 heterocycles. The Bertz CT molecular complexity index is 1120. The Labute approximate surface area is 172 Å². The van der Waals surface area contributed by atoms with Crippen LogP contribution in [0.4, 0.5) is 0 Å². The summed E-state index contributed by atoms with van der Waals surface area (Å²) >= 11 is 0. The summed E-state index contributed by atoms with van der Waals surface area (Å²) < 4.78 is 34.3. The van der Waals surface area contributed by atoms with Crippen LogP contribution >= 0.6 is 0 Å². The van der Waals surface area contributed by atoms with E-state index in [1.54, 1.807) is 0 Å². The molecule has 4 bridgehead atoms. The Morgan fingerprint density at radius 3 is 2.52 bits per heavy atom. The number of rotatable bonds is 1. The van der Waals surface area contributed by atoms with Gasteiger partial charge in [0.15, 0.2) is 0 Å². The maximum absolute atomic E-state index is 13.8. The van der Waals surface area contributed by atoms with E-state index in [2.05, 4.69) is 13.8 Å². The van der Waals surface area contributed by atoms with E-state index >= 15 is 0 Å². The molecule has 6 heteroatoms. The second kappa shape index (κ2) is 4.80. The van der Waals surface area contributed by atoms with E-state index in [1.165, 1.54) is 4.31 Å². The van der Waals surface area contributed by atoms with Gasteiger partial charge >= 0.3 is 0 Å². The van der Waals surface area contributed by atoms with Gasteiger partial charge in [-0.2, -0.15) is 0 Å². The number of ether oxygens (including phenoxy) is 1. The Morgan fingerprint density at radius 2 is 1.83 bits per heavy atom. The lowest BCUT2D eigenvalue weighted by molar-refractivity contribution is -0.128. The van der Waals surface area contributed by atoms with Crippen molar-refractivity contribution in [3.8, 4) is 0 Å². The molecule has 5 aliphatic rings. The predicted octanol–water partition coefficient (Wildman–Crippen LogP) is 3.45. The number of fused-ring (bicyclic) bond motifs is 6. The minimum atomic E-state index is -3.65. The summed E-state index contributed by atoms with van der Waals surface area (Å²) in [5.74, 6) is 0.201. The number of hydrogen-bond acceptors (Lipinski definition) is 4. The Balaban J connectivity index is 1.46. The van der Waals surface area contributed by atoms with Crippen LogP contribution in [0.15, 0.2) is 35.9 Å². The van der Waals surface area contributed by atoms with Crippen molar-refractivity contribution >= 4 is 15.9 Å². The first-order chi connectivity index (χ1) is 13.5. The Morgan fingerprint density at radius 1 is 1.14 bits per heavy atom. The molecule has 1 saturated heterocycles. The van der Waals surface area contributed by atoms with Gasteiger partial charge in [0.05, 0.1) is 17.4 Å². The van der Waals surface area contributed by atoms with Crippen LogP contribution in [0.3, 0.4) is 0 Å². The molecule has 2 aliphatic carbocycles. The van der Waals surface area contributed by atoms with E-state index in [0.717, 1.165) is 30.4 Å². The van der Waals surface area contributed by atoms with Crippen LogP contribution in [0.25, 0.3) is 0 Å². The largest absolute Gasteiger partial charge is 0.351 e. The summed E-state index contributed by atoms with van der Waals surface area (Å²) in [6.07, 6.45) is 4.61. The molecular weight excluding hydrogens is 386 g/mol. The van der Waals surface area contributed by atoms with Gasteiger partial charge in [-0.05, 0) is 61.6 Å². The highest BCUT2D eigenvalue weighted by Crippen LogP contribution is 2.70. The minimum absolute atomic E-state index is 0.0538. The van der Waals surface area contributed by atoms with Crippen LogP contribution < -0.4 is 0 Å². The van der Waals surface area contributed by atoms with Gasteiger partial charge in [-0.3, -0.25) is 4.79 Å². The van der Waals surface area contributed by atoms with Crippen LogP contribution in [0.5, 0.6) is 0 Å². The van der Waals surface area contributed by atoms with Crippen molar-refractivity contribution in [3.05, 3.63) is 47.0 Å². The lowest BCUT2D eigenvalue weighted by Crippen LogP contribution is -2.46. The normalized spacial score (nSPS) is 44.7. The summed E-state index contributed by atoms with van der Waals surface area (Å²) in [5, 5.41) is 0. The summed E-state index contributed by atoms with van der Waals surface area (Å²) in [7, 11) is -3.65. The molecule has 6 rings (SSSR count). The molecule has 1 amide bonds. The number of carbonyl (C=O) groups excluding carboxylic acids is 1. The van der Waals surface area contributed by atoms with E-state index < -0.39 is 21.2 Å². The topological polar surface area (TPSA) is 63.7 Å². The summed E-state index contributed by atoms with van der Waals surface area (Å²) in [6, 6.07) is 7.71. The van der Waals surface area contributed by atoms with Gasteiger partial charge < -0.3 is 4.74 Å². The molecule has 0 unspecified atom stereocenters. The summed E-state index contributed by atoms with van der Waals surface area (Å²) in [4.78, 5) is 13.8. The maximum Gasteiger partial charge on any atom is 0.266 e. The standard InChI is InChI=1S/C23H27NO4S/c1-20(2)14-9-10-23(20)13-29(26,27)24(18(23)11-14)19(25)17-12-21(3)15-7-5-6-8-16(15)22(17,4)28-21/h5-8,12,14,18H,9-11,13H2,1-4H3/t14-,18-,21-,22-,23-/m1/s1. The molecule has 1 spiro atoms. The molecule has 5 atom stereocenters. The van der Waals surface area contributed by atoms with Crippen LogP contribution in [0.2, 0.25) is 0 Å². The minimum Gasteiger partial charge on any atom is -0.351 e. The lowest BCUT2D eigenvalue weighted by Gasteiger charge is -2.37. The number of nitrogens with zero attached hydrogens (tertiary/aromatic N) is 1. The molecule has 29 heavy (non-hydrogen) atoms. The monoisotopic (exact) mass is 413 g/mol. The molecule has 2 saturated carbocycles. The number of amides is 1. The summed E-state index contributed by atoms with van der Waals surface area (Å²) in [5.41, 5.74) is 0.538. The van der Waals surface area contributed by atoms with E-state index in [-0.39, 0.29) is 28.5 Å². The number of sulfonamides is 1. The number of carbonyl (C=O) groups is 1. The second-order valence-corrected chi connectivity index (χ2v) is 12.4. The Kier molecular flexibility index (Phi) is 3.00. The van der Waals surface area contributed by atoms with Crippen LogP contribution in [-0.4, -0.2) is 30.4 Å². The molecule has 5 nitrogen and oxygen atoms in total. The molecule has 0 N–H and O–H groups in total. The third-order valence-corrected chi connectivity index (χ3v) is 11.1. The molecule has 0 radical (unpaired) electrons. The van der Waals surface area contributed by atoms with Crippen molar-refractivity contribution in [2.75, 3.05) is 5.75 Å². The first-order valence-electron chi connectivity index (χ1n) is 10.6. The fourth-order valence-corrected chi connectivity index (χ4v) is 10.1. The fourth-order valence-electron chi connectivity index (χ4n) is 7.53. The quantitative estimate of drug-likeness (QED) is 0.707. The van der Waals surface area contributed by atoms with E-state index in [4.69, 9.17) is 4.74 Å². The highest BCUT2D eigenvalue weighted by atomic mass is 32.2. The third-order valence-electron chi connectivity index (χ3n) is 9.17. The molecule has 3 aliphatic heterocycles. The van der Waals surface area contributed by atoms with E-state index in [1.807, 2.05) is 44.2 Å². The molecule has 154 valence electrons. The zero-order valence-electron chi connectivity index (χ0n) is 17.4. The van der Waals surface area contributed by atoms with Crippen molar-refractivity contribution < 1.29 is 17.9 Å². The zero-order valence-corrected chi connectivity index (χ0v) is 18.2. The SMILES string of the molecule is CC1(C)[C@@H]2CC[C@]13CS(=O)(=O)N(C(=O)C1=C[C@@]4(C)O[C@]1(C)c1ccccc14)[C@@H]3C2. The van der Waals surface area contributed by atoms with Gasteiger partial charge in [-0.25, -0.2) is 12.7 Å². The van der Waals surface area contributed by atoms with Crippen LogP contribution in [0.1, 0.15) is 58.1 Å². The van der Waals surface area contributed by atoms with Crippen LogP contribution in [-0.2, 0) is 30.8 Å². The zero-order chi connectivity index (χ0) is 20.6. The first kappa shape index (κ1) is 18.1. The van der Waals surface area contributed by atoms with E-state index in [0.29, 0.717) is 11.5 Å². The fraction of sp³-hybridized carbons (Fsp3) is 0.609. The van der Waals surface area contributed by atoms with Crippen molar-refractivity contribution in [1.29, 1.82) is 0 Å². The third kappa shape index (κ3) is 1.79. The van der Waals surface area contributed by atoms with Crippen molar-refractivity contribution in [2.24, 2.45) is 16.7 Å². The van der Waals surface area contributed by atoms with Gasteiger partial charge in [-0.15, -0.1) is 0 Å². The van der Waals surface area contributed by atoms with Gasteiger partial charge in [0, 0.05) is 5.41 Å². The second-order valence-electron chi connectivity index (χ2n) is 10.6. The van der Waals surface area contributed by atoms with Crippen molar-refractivity contribution in [1.82, 2.24) is 4.31 Å². The number of benzene rings is 1. The van der Waals surface area contributed by atoms with Crippen molar-refractivity contribution in [2.45, 2.75) is 64.2 Å². The molecular formula is C23H27NO4S. The average Bonchev–Trinajstić information content (AvgIpc) is 3.29. The smallest absolute Gasteiger partial charge is 0.266 e. The molecule has 1 aromatic carbocycles. The van der Waals surface area contributed by atoms with Gasteiger partial charge in [0.25, 0.3) is 5.91 Å². The molecule has 0 aromatic heterocycles. The molecule has 1 aromatic rings. The van der Waals surface area contributed by atoms with Crippen LogP contribution in [0, 0.1) is 16.7 Å². The average molecular weight is 414 g/mol. The number of hydrogen-bond donors (Lipinski definition) is 0. The maximum atomic E-state index is 13.8. The lowest BCUT2D eigenvalue weighted by atomic mass is 9.69. The Hall–Kier alpha value is -1.66. The summed E-state index contributed by atoms with van der Waals surface area (Å²) in [6.45, 7) is 8.26. The van der Waals surface area contributed by atoms with Gasteiger partial charge in [-0.1, -0.05) is 38.1 Å². The molecule has 3 fully saturated rings. The highest BCUT2D eigenvalue weighted by molar-refractivity contribution is 7.90. The van der Waals surface area contributed by atoms with Gasteiger partial charge in [0.2, 0.25) is 10.0 Å². The predicted molar refractivity (Wildman–Crippen MR) is 108 cm³/mol. The van der Waals surface area contributed by atoms with Crippen molar-refractivity contribution in [3.63, 3.8) is 0 Å².